The first kappa shape index (κ1) is 25.6. The van der Waals surface area contributed by atoms with Crippen LogP contribution in [0.1, 0.15) is 0 Å². The van der Waals surface area contributed by atoms with Crippen LogP contribution in [0.2, 0.25) is 0 Å². The molecule has 1 nitrogen and oxygen atoms in total. The van der Waals surface area contributed by atoms with Crippen LogP contribution in [0.15, 0.2) is 162 Å². The van der Waals surface area contributed by atoms with E-state index in [2.05, 4.69) is 152 Å². The summed E-state index contributed by atoms with van der Waals surface area (Å²) in [5, 5.41) is 11.3. The fourth-order valence-electron chi connectivity index (χ4n) is 7.47. The van der Waals surface area contributed by atoms with Gasteiger partial charge < -0.3 is 4.42 Å². The van der Waals surface area contributed by atoms with Gasteiger partial charge in [-0.05, 0) is 84.4 Å². The van der Waals surface area contributed by atoms with Crippen LogP contribution in [0.3, 0.4) is 0 Å². The van der Waals surface area contributed by atoms with Crippen LogP contribution >= 0.6 is 11.3 Å². The lowest BCUT2D eigenvalue weighted by Gasteiger charge is -2.19. The highest BCUT2D eigenvalue weighted by Crippen LogP contribution is 2.47. The summed E-state index contributed by atoms with van der Waals surface area (Å²) in [5.74, 6) is 0. The zero-order chi connectivity index (χ0) is 30.2. The Labute approximate surface area is 269 Å². The summed E-state index contributed by atoms with van der Waals surface area (Å²) in [6.45, 7) is 0. The van der Waals surface area contributed by atoms with E-state index < -0.39 is 0 Å². The number of hydrogen-bond acceptors (Lipinski definition) is 2. The van der Waals surface area contributed by atoms with E-state index in [4.69, 9.17) is 4.42 Å². The van der Waals surface area contributed by atoms with E-state index >= 15 is 0 Å². The molecular weight excluding hydrogens is 577 g/mol. The maximum Gasteiger partial charge on any atom is 0.135 e. The molecule has 0 saturated heterocycles. The second-order valence-electron chi connectivity index (χ2n) is 12.0. The SMILES string of the molecule is c1ccc(-c2coc3cc4c(cc23)sc2ccc(-c3c5ccccc5c(-c5cccc6ccccc56)c5ccccc35)cc24)cc1. The monoisotopic (exact) mass is 602 g/mol. The van der Waals surface area contributed by atoms with Gasteiger partial charge >= 0.3 is 0 Å². The molecular formula is C44H26OS. The Morgan fingerprint density at radius 1 is 0.370 bits per heavy atom. The molecule has 0 fully saturated rings. The lowest BCUT2D eigenvalue weighted by Crippen LogP contribution is -1.91. The number of rotatable bonds is 3. The Morgan fingerprint density at radius 2 is 1.00 bits per heavy atom. The van der Waals surface area contributed by atoms with Crippen LogP contribution in [0.4, 0.5) is 0 Å². The Bertz CT molecular complexity index is 2740. The topological polar surface area (TPSA) is 13.1 Å². The molecule has 0 aliphatic carbocycles. The Hall–Kier alpha value is -5.70. The Kier molecular flexibility index (Phi) is 5.51. The van der Waals surface area contributed by atoms with Crippen molar-refractivity contribution in [2.75, 3.05) is 0 Å². The summed E-state index contributed by atoms with van der Waals surface area (Å²) in [6, 6.07) is 55.3. The second-order valence-corrected chi connectivity index (χ2v) is 13.1. The average Bonchev–Trinajstić information content (AvgIpc) is 3.70. The molecule has 0 unspecified atom stereocenters. The molecule has 8 aromatic carbocycles. The third-order valence-corrected chi connectivity index (χ3v) is 10.7. The highest BCUT2D eigenvalue weighted by atomic mass is 32.1. The summed E-state index contributed by atoms with van der Waals surface area (Å²) < 4.78 is 8.71. The van der Waals surface area contributed by atoms with Gasteiger partial charge in [0.25, 0.3) is 0 Å². The maximum atomic E-state index is 6.15. The maximum absolute atomic E-state index is 6.15. The van der Waals surface area contributed by atoms with E-state index in [0.29, 0.717) is 0 Å². The first-order chi connectivity index (χ1) is 22.8. The molecule has 214 valence electrons. The van der Waals surface area contributed by atoms with Gasteiger partial charge in [-0.3, -0.25) is 0 Å². The molecule has 10 aromatic rings. The van der Waals surface area contributed by atoms with E-state index in [1.54, 1.807) is 0 Å². The van der Waals surface area contributed by atoms with E-state index in [0.717, 1.165) is 16.5 Å². The van der Waals surface area contributed by atoms with Gasteiger partial charge in [0.1, 0.15) is 5.58 Å². The molecule has 0 spiro atoms. The fourth-order valence-corrected chi connectivity index (χ4v) is 8.57. The minimum atomic E-state index is 0.923. The van der Waals surface area contributed by atoms with Crippen molar-refractivity contribution in [2.24, 2.45) is 0 Å². The summed E-state index contributed by atoms with van der Waals surface area (Å²) in [7, 11) is 0. The van der Waals surface area contributed by atoms with Crippen LogP contribution in [0, 0.1) is 0 Å². The van der Waals surface area contributed by atoms with Gasteiger partial charge in [0, 0.05) is 31.1 Å². The molecule has 0 amide bonds. The number of benzene rings is 8. The molecule has 0 N–H and O–H groups in total. The quantitative estimate of drug-likeness (QED) is 0.183. The number of fused-ring (bicyclic) bond motifs is 7. The third kappa shape index (κ3) is 3.74. The normalized spacial score (nSPS) is 11.9. The first-order valence-corrected chi connectivity index (χ1v) is 16.5. The number of thiophene rings is 1. The lowest BCUT2D eigenvalue weighted by molar-refractivity contribution is 0.617. The van der Waals surface area contributed by atoms with E-state index in [1.165, 1.54) is 80.3 Å². The fraction of sp³-hybridized carbons (Fsp3) is 0. The highest BCUT2D eigenvalue weighted by molar-refractivity contribution is 7.25. The van der Waals surface area contributed by atoms with Gasteiger partial charge in [-0.1, -0.05) is 127 Å². The zero-order valence-electron chi connectivity index (χ0n) is 24.8. The molecule has 2 heterocycles. The molecule has 0 radical (unpaired) electrons. The van der Waals surface area contributed by atoms with Crippen molar-refractivity contribution >= 4 is 74.8 Å². The molecule has 46 heavy (non-hydrogen) atoms. The second kappa shape index (κ2) is 9.90. The zero-order valence-corrected chi connectivity index (χ0v) is 25.6. The van der Waals surface area contributed by atoms with Crippen molar-refractivity contribution in [1.82, 2.24) is 0 Å². The smallest absolute Gasteiger partial charge is 0.135 e. The highest BCUT2D eigenvalue weighted by Gasteiger charge is 2.19. The van der Waals surface area contributed by atoms with Crippen molar-refractivity contribution in [3.05, 3.63) is 158 Å². The van der Waals surface area contributed by atoms with Crippen LogP contribution in [-0.2, 0) is 0 Å². The van der Waals surface area contributed by atoms with Crippen molar-refractivity contribution in [1.29, 1.82) is 0 Å². The standard InChI is InChI=1S/C44H26OS/c1-2-11-28(12-3-1)39-26-45-40-24-38-37-23-29(21-22-41(37)46-42(38)25-36(39)40)43-32-16-6-8-18-34(32)44(35-19-9-7-17-33(35)43)31-20-10-14-27-13-4-5-15-30(27)31/h1-26H. The minimum absolute atomic E-state index is 0.923. The van der Waals surface area contributed by atoms with Crippen molar-refractivity contribution < 1.29 is 4.42 Å². The predicted octanol–water partition coefficient (Wildman–Crippen LogP) is 13.3. The molecule has 0 saturated carbocycles. The van der Waals surface area contributed by atoms with Crippen molar-refractivity contribution in [3.8, 4) is 33.4 Å². The van der Waals surface area contributed by atoms with E-state index in [1.807, 2.05) is 17.6 Å². The molecule has 2 heteroatoms. The van der Waals surface area contributed by atoms with Gasteiger partial charge in [0.15, 0.2) is 0 Å². The Balaban J connectivity index is 1.24. The number of hydrogen-bond donors (Lipinski definition) is 0. The van der Waals surface area contributed by atoms with Crippen LogP contribution in [-0.4, -0.2) is 0 Å². The summed E-state index contributed by atoms with van der Waals surface area (Å²) in [6.07, 6.45) is 1.90. The van der Waals surface area contributed by atoms with Gasteiger partial charge in [-0.15, -0.1) is 11.3 Å². The van der Waals surface area contributed by atoms with Crippen LogP contribution < -0.4 is 0 Å². The molecule has 0 bridgehead atoms. The summed E-state index contributed by atoms with van der Waals surface area (Å²) >= 11 is 1.85. The first-order valence-electron chi connectivity index (χ1n) is 15.7. The van der Waals surface area contributed by atoms with Gasteiger partial charge in [0.2, 0.25) is 0 Å². The molecule has 0 aliphatic rings. The van der Waals surface area contributed by atoms with Crippen molar-refractivity contribution in [2.45, 2.75) is 0 Å². The minimum Gasteiger partial charge on any atom is -0.464 e. The largest absolute Gasteiger partial charge is 0.464 e. The molecule has 10 rings (SSSR count). The third-order valence-electron chi connectivity index (χ3n) is 9.53. The molecule has 0 aliphatic heterocycles. The van der Waals surface area contributed by atoms with E-state index in [-0.39, 0.29) is 0 Å². The van der Waals surface area contributed by atoms with Gasteiger partial charge in [0.05, 0.1) is 6.26 Å². The van der Waals surface area contributed by atoms with Gasteiger partial charge in [-0.25, -0.2) is 0 Å². The summed E-state index contributed by atoms with van der Waals surface area (Å²) in [5.41, 5.74) is 8.31. The molecule has 0 atom stereocenters. The number of furan rings is 1. The average molecular weight is 603 g/mol. The van der Waals surface area contributed by atoms with Crippen LogP contribution in [0.5, 0.6) is 0 Å². The summed E-state index contributed by atoms with van der Waals surface area (Å²) in [4.78, 5) is 0. The van der Waals surface area contributed by atoms with E-state index in [9.17, 15) is 0 Å². The Morgan fingerprint density at radius 3 is 1.76 bits per heavy atom. The van der Waals surface area contributed by atoms with Crippen molar-refractivity contribution in [3.63, 3.8) is 0 Å². The van der Waals surface area contributed by atoms with Crippen LogP contribution in [0.25, 0.3) is 96.8 Å². The predicted molar refractivity (Wildman–Crippen MR) is 198 cm³/mol. The molecule has 2 aromatic heterocycles. The van der Waals surface area contributed by atoms with Gasteiger partial charge in [-0.2, -0.15) is 0 Å². The lowest BCUT2D eigenvalue weighted by atomic mass is 9.84.